The van der Waals surface area contributed by atoms with Gasteiger partial charge in [-0.05, 0) is 61.6 Å². The van der Waals surface area contributed by atoms with Crippen LogP contribution in [-0.4, -0.2) is 21.9 Å². The molecule has 0 saturated carbocycles. The Bertz CT molecular complexity index is 950. The minimum absolute atomic E-state index is 0.0128. The number of aryl methyl sites for hydroxylation is 3. The topological polar surface area (TPSA) is 65.2 Å². The van der Waals surface area contributed by atoms with E-state index in [1.807, 2.05) is 31.2 Å². The lowest BCUT2D eigenvalue weighted by atomic mass is 10.1. The predicted octanol–water partition coefficient (Wildman–Crippen LogP) is 4.37. The highest BCUT2D eigenvalue weighted by Gasteiger charge is 2.13. The van der Waals surface area contributed by atoms with Crippen LogP contribution in [0.25, 0.3) is 11.5 Å². The highest BCUT2D eigenvalue weighted by Crippen LogP contribution is 2.27. The number of hydrogen-bond acceptors (Lipinski definition) is 6. The third-order valence-corrected chi connectivity index (χ3v) is 5.52. The number of fused-ring (bicyclic) bond motifs is 1. The van der Waals surface area contributed by atoms with E-state index in [4.69, 9.17) is 9.26 Å². The maximum absolute atomic E-state index is 12.0. The second kappa shape index (κ2) is 7.96. The summed E-state index contributed by atoms with van der Waals surface area (Å²) in [6.07, 6.45) is 3.52. The molecule has 0 spiro atoms. The average molecular weight is 380 g/mol. The first-order chi connectivity index (χ1) is 13.2. The lowest BCUT2D eigenvalue weighted by Gasteiger charge is -2.05. The van der Waals surface area contributed by atoms with Crippen molar-refractivity contribution < 1.29 is 14.1 Å². The number of thioether (sulfide) groups is 1. The van der Waals surface area contributed by atoms with Crippen molar-refractivity contribution in [3.05, 3.63) is 65.0 Å². The van der Waals surface area contributed by atoms with E-state index in [2.05, 4.69) is 28.3 Å². The van der Waals surface area contributed by atoms with Gasteiger partial charge in [0.15, 0.2) is 6.61 Å². The number of nitrogens with zero attached hydrogens (tertiary/aromatic N) is 2. The number of carbonyl (C=O) groups excluding carboxylic acids is 1. The molecule has 0 atom stereocenters. The number of carbonyl (C=O) groups is 1. The number of benzene rings is 2. The number of rotatable bonds is 6. The molecule has 1 aliphatic carbocycles. The molecular weight excluding hydrogens is 360 g/mol. The van der Waals surface area contributed by atoms with E-state index in [0.717, 1.165) is 28.9 Å². The first-order valence-electron chi connectivity index (χ1n) is 8.97. The summed E-state index contributed by atoms with van der Waals surface area (Å²) in [5.74, 6) is 0.763. The lowest BCUT2D eigenvalue weighted by Crippen LogP contribution is -2.08. The SMILES string of the molecule is Cc1ccc(-c2nc(COC(=O)CSc3ccc4c(c3)CCC4)no2)cc1. The van der Waals surface area contributed by atoms with Crippen LogP contribution in [0.4, 0.5) is 0 Å². The molecule has 3 aromatic rings. The zero-order valence-corrected chi connectivity index (χ0v) is 15.9. The lowest BCUT2D eigenvalue weighted by molar-refractivity contribution is -0.141. The van der Waals surface area contributed by atoms with Gasteiger partial charge >= 0.3 is 5.97 Å². The number of ether oxygens (including phenoxy) is 1. The molecule has 0 unspecified atom stereocenters. The van der Waals surface area contributed by atoms with E-state index in [9.17, 15) is 4.79 Å². The van der Waals surface area contributed by atoms with Crippen LogP contribution in [0.3, 0.4) is 0 Å². The van der Waals surface area contributed by atoms with Crippen LogP contribution in [-0.2, 0) is 29.0 Å². The Morgan fingerprint density at radius 3 is 2.81 bits per heavy atom. The van der Waals surface area contributed by atoms with Gasteiger partial charge in [0, 0.05) is 10.5 Å². The zero-order valence-electron chi connectivity index (χ0n) is 15.1. The van der Waals surface area contributed by atoms with Gasteiger partial charge in [0.25, 0.3) is 5.89 Å². The van der Waals surface area contributed by atoms with Gasteiger partial charge in [0.05, 0.1) is 5.75 Å². The highest BCUT2D eigenvalue weighted by atomic mass is 32.2. The van der Waals surface area contributed by atoms with Crippen molar-refractivity contribution in [1.82, 2.24) is 10.1 Å². The molecular formula is C21H20N2O3S. The van der Waals surface area contributed by atoms with Gasteiger partial charge in [-0.15, -0.1) is 11.8 Å². The van der Waals surface area contributed by atoms with Crippen LogP contribution >= 0.6 is 11.8 Å². The normalized spacial score (nSPS) is 12.8. The van der Waals surface area contributed by atoms with Crippen molar-refractivity contribution in [3.63, 3.8) is 0 Å². The van der Waals surface area contributed by atoms with Gasteiger partial charge in [-0.1, -0.05) is 28.9 Å². The highest BCUT2D eigenvalue weighted by molar-refractivity contribution is 8.00. The molecule has 1 aromatic heterocycles. The summed E-state index contributed by atoms with van der Waals surface area (Å²) in [5, 5.41) is 3.87. The van der Waals surface area contributed by atoms with Crippen LogP contribution in [0, 0.1) is 6.92 Å². The molecule has 0 fully saturated rings. The second-order valence-electron chi connectivity index (χ2n) is 6.62. The molecule has 6 heteroatoms. The monoisotopic (exact) mass is 380 g/mol. The van der Waals surface area contributed by atoms with Crippen molar-refractivity contribution in [2.75, 3.05) is 5.75 Å². The van der Waals surface area contributed by atoms with Gasteiger partial charge in [-0.3, -0.25) is 4.79 Å². The summed E-state index contributed by atoms with van der Waals surface area (Å²) in [4.78, 5) is 17.4. The third-order valence-electron chi connectivity index (χ3n) is 4.56. The van der Waals surface area contributed by atoms with Gasteiger partial charge in [0.2, 0.25) is 5.82 Å². The number of aromatic nitrogens is 2. The number of esters is 1. The Morgan fingerprint density at radius 1 is 1.15 bits per heavy atom. The molecule has 0 radical (unpaired) electrons. The van der Waals surface area contributed by atoms with Crippen LogP contribution < -0.4 is 0 Å². The van der Waals surface area contributed by atoms with E-state index < -0.39 is 0 Å². The van der Waals surface area contributed by atoms with Crippen LogP contribution in [0.5, 0.6) is 0 Å². The molecule has 27 heavy (non-hydrogen) atoms. The van der Waals surface area contributed by atoms with Crippen LogP contribution in [0.1, 0.15) is 28.9 Å². The van der Waals surface area contributed by atoms with Crippen molar-refractivity contribution >= 4 is 17.7 Å². The molecule has 1 heterocycles. The largest absolute Gasteiger partial charge is 0.457 e. The standard InChI is InChI=1S/C21H20N2O3S/c1-14-5-7-16(8-6-14)21-22-19(23-26-21)12-25-20(24)13-27-18-10-9-15-3-2-4-17(15)11-18/h5-11H,2-4,12-13H2,1H3. The van der Waals surface area contributed by atoms with E-state index in [1.54, 1.807) is 0 Å². The maximum atomic E-state index is 12.0. The Balaban J connectivity index is 1.27. The van der Waals surface area contributed by atoms with Gasteiger partial charge in [-0.2, -0.15) is 4.98 Å². The fraction of sp³-hybridized carbons (Fsp3) is 0.286. The molecule has 0 saturated heterocycles. The number of hydrogen-bond donors (Lipinski definition) is 0. The van der Waals surface area contributed by atoms with Crippen LogP contribution in [0.15, 0.2) is 51.9 Å². The maximum Gasteiger partial charge on any atom is 0.316 e. The summed E-state index contributed by atoms with van der Waals surface area (Å²) < 4.78 is 10.5. The fourth-order valence-electron chi connectivity index (χ4n) is 3.09. The molecule has 0 aliphatic heterocycles. The van der Waals surface area contributed by atoms with Crippen molar-refractivity contribution in [2.24, 2.45) is 0 Å². The summed E-state index contributed by atoms with van der Waals surface area (Å²) in [6, 6.07) is 14.2. The molecule has 0 amide bonds. The van der Waals surface area contributed by atoms with Gasteiger partial charge in [0.1, 0.15) is 0 Å². The quantitative estimate of drug-likeness (QED) is 0.467. The van der Waals surface area contributed by atoms with Crippen molar-refractivity contribution in [2.45, 2.75) is 37.7 Å². The minimum atomic E-state index is -0.290. The predicted molar refractivity (Wildman–Crippen MR) is 103 cm³/mol. The molecule has 5 nitrogen and oxygen atoms in total. The van der Waals surface area contributed by atoms with Crippen molar-refractivity contribution in [1.29, 1.82) is 0 Å². The van der Waals surface area contributed by atoms with Gasteiger partial charge < -0.3 is 9.26 Å². The van der Waals surface area contributed by atoms with E-state index in [0.29, 0.717) is 11.7 Å². The van der Waals surface area contributed by atoms with E-state index >= 15 is 0 Å². The molecule has 138 valence electrons. The molecule has 4 rings (SSSR count). The third kappa shape index (κ3) is 4.39. The first-order valence-corrected chi connectivity index (χ1v) is 9.96. The molecule has 0 bridgehead atoms. The molecule has 1 aliphatic rings. The molecule has 2 aromatic carbocycles. The van der Waals surface area contributed by atoms with Crippen molar-refractivity contribution in [3.8, 4) is 11.5 Å². The summed E-state index contributed by atoms with van der Waals surface area (Å²) >= 11 is 1.49. The second-order valence-corrected chi connectivity index (χ2v) is 7.66. The Morgan fingerprint density at radius 2 is 1.96 bits per heavy atom. The Labute approximate surface area is 162 Å². The smallest absolute Gasteiger partial charge is 0.316 e. The Hall–Kier alpha value is -2.60. The summed E-state index contributed by atoms with van der Waals surface area (Å²) in [6.45, 7) is 2.03. The fourth-order valence-corrected chi connectivity index (χ4v) is 3.85. The zero-order chi connectivity index (χ0) is 18.6. The van der Waals surface area contributed by atoms with E-state index in [-0.39, 0.29) is 18.3 Å². The first kappa shape index (κ1) is 17.8. The van der Waals surface area contributed by atoms with Crippen LogP contribution in [0.2, 0.25) is 0 Å². The summed E-state index contributed by atoms with van der Waals surface area (Å²) in [5.41, 5.74) is 4.85. The Kier molecular flexibility index (Phi) is 5.25. The average Bonchev–Trinajstić information content (AvgIpc) is 3.34. The van der Waals surface area contributed by atoms with Gasteiger partial charge in [-0.25, -0.2) is 0 Å². The van der Waals surface area contributed by atoms with E-state index in [1.165, 1.54) is 29.3 Å². The summed E-state index contributed by atoms with van der Waals surface area (Å²) in [7, 11) is 0. The minimum Gasteiger partial charge on any atom is -0.457 e. The molecule has 0 N–H and O–H groups in total.